The largest absolute Gasteiger partial charge is 0.484 e. The maximum absolute atomic E-state index is 11.9. The van der Waals surface area contributed by atoms with Crippen LogP contribution in [0.1, 0.15) is 31.7 Å². The van der Waals surface area contributed by atoms with E-state index >= 15 is 0 Å². The van der Waals surface area contributed by atoms with E-state index in [1.165, 1.54) is 5.56 Å². The molecule has 0 aliphatic carbocycles. The van der Waals surface area contributed by atoms with Gasteiger partial charge in [-0.2, -0.15) is 0 Å². The molecule has 0 aliphatic heterocycles. The fraction of sp³-hybridized carbons (Fsp3) is 0.278. The molecule has 1 N–H and O–H groups in total. The molecule has 0 spiro atoms. The molecule has 1 atom stereocenters. The Kier molecular flexibility index (Phi) is 6.48. The minimum atomic E-state index is -0.250. The smallest absolute Gasteiger partial charge is 0.262 e. The van der Waals surface area contributed by atoms with Crippen molar-refractivity contribution >= 4 is 39.1 Å². The van der Waals surface area contributed by atoms with Gasteiger partial charge in [-0.1, -0.05) is 53.5 Å². The highest BCUT2D eigenvalue weighted by Gasteiger charge is 2.08. The van der Waals surface area contributed by atoms with Gasteiger partial charge in [0.1, 0.15) is 5.75 Å². The van der Waals surface area contributed by atoms with E-state index in [9.17, 15) is 4.79 Å². The Morgan fingerprint density at radius 3 is 2.57 bits per heavy atom. The maximum Gasteiger partial charge on any atom is 0.262 e. The number of anilines is 1. The first kappa shape index (κ1) is 17.8. The van der Waals surface area contributed by atoms with E-state index in [1.54, 1.807) is 12.1 Å². The molecule has 0 heterocycles. The monoisotopic (exact) mass is 395 g/mol. The highest BCUT2D eigenvalue weighted by atomic mass is 79.9. The number of rotatable bonds is 6. The minimum absolute atomic E-state index is 0.0604. The lowest BCUT2D eigenvalue weighted by molar-refractivity contribution is -0.118. The third kappa shape index (κ3) is 5.26. The molecule has 3 nitrogen and oxygen atoms in total. The van der Waals surface area contributed by atoms with Crippen LogP contribution in [0.4, 0.5) is 5.69 Å². The van der Waals surface area contributed by atoms with Crippen molar-refractivity contribution in [3.05, 3.63) is 57.5 Å². The molecule has 0 aromatic heterocycles. The second kappa shape index (κ2) is 8.37. The van der Waals surface area contributed by atoms with Crippen molar-refractivity contribution in [2.75, 3.05) is 11.9 Å². The van der Waals surface area contributed by atoms with Gasteiger partial charge < -0.3 is 10.1 Å². The molecule has 0 radical (unpaired) electrons. The molecule has 2 aromatic rings. The van der Waals surface area contributed by atoms with Crippen LogP contribution in [0.2, 0.25) is 5.02 Å². The number of hydrogen-bond donors (Lipinski definition) is 1. The van der Waals surface area contributed by atoms with Crippen LogP contribution >= 0.6 is 27.5 Å². The van der Waals surface area contributed by atoms with E-state index < -0.39 is 0 Å². The molecule has 2 rings (SSSR count). The summed E-state index contributed by atoms with van der Waals surface area (Å²) in [5.74, 6) is 0.946. The number of benzene rings is 2. The van der Waals surface area contributed by atoms with Crippen molar-refractivity contribution in [2.24, 2.45) is 0 Å². The summed E-state index contributed by atoms with van der Waals surface area (Å²) in [6, 6.07) is 13.1. The molecule has 0 fully saturated rings. The van der Waals surface area contributed by atoms with Crippen LogP contribution in [-0.2, 0) is 4.79 Å². The number of amides is 1. The van der Waals surface area contributed by atoms with Crippen molar-refractivity contribution in [1.29, 1.82) is 0 Å². The fourth-order valence-electron chi connectivity index (χ4n) is 2.05. The summed E-state index contributed by atoms with van der Waals surface area (Å²) in [7, 11) is 0. The van der Waals surface area contributed by atoms with E-state index in [-0.39, 0.29) is 12.5 Å². The highest BCUT2D eigenvalue weighted by molar-refractivity contribution is 9.10. The van der Waals surface area contributed by atoms with Crippen molar-refractivity contribution in [3.63, 3.8) is 0 Å². The Morgan fingerprint density at radius 1 is 1.26 bits per heavy atom. The van der Waals surface area contributed by atoms with Gasteiger partial charge in [0.05, 0.1) is 10.7 Å². The lowest BCUT2D eigenvalue weighted by atomic mass is 9.99. The van der Waals surface area contributed by atoms with Gasteiger partial charge >= 0.3 is 0 Å². The number of carbonyl (C=O) groups is 1. The van der Waals surface area contributed by atoms with E-state index in [0.29, 0.717) is 22.4 Å². The van der Waals surface area contributed by atoms with E-state index in [0.717, 1.165) is 10.9 Å². The van der Waals surface area contributed by atoms with Crippen LogP contribution in [0.25, 0.3) is 0 Å². The summed E-state index contributed by atoms with van der Waals surface area (Å²) in [5.41, 5.74) is 1.83. The lowest BCUT2D eigenvalue weighted by Gasteiger charge is -2.11. The molecule has 0 aliphatic rings. The molecule has 0 saturated carbocycles. The summed E-state index contributed by atoms with van der Waals surface area (Å²) >= 11 is 9.39. The van der Waals surface area contributed by atoms with Crippen molar-refractivity contribution in [1.82, 2.24) is 0 Å². The zero-order valence-corrected chi connectivity index (χ0v) is 15.4. The number of ether oxygens (including phenoxy) is 1. The summed E-state index contributed by atoms with van der Waals surface area (Å²) in [4.78, 5) is 11.9. The molecular formula is C18H19BrClNO2. The molecule has 122 valence electrons. The van der Waals surface area contributed by atoms with Gasteiger partial charge in [-0.25, -0.2) is 0 Å². The van der Waals surface area contributed by atoms with Crippen LogP contribution in [0.3, 0.4) is 0 Å². The van der Waals surface area contributed by atoms with Gasteiger partial charge in [-0.15, -0.1) is 0 Å². The Balaban J connectivity index is 1.89. The molecular weight excluding hydrogens is 378 g/mol. The SMILES string of the molecule is CC[C@H](C)c1ccc(OCC(=O)Nc2ccc(Br)cc2Cl)cc1. The Labute approximate surface area is 150 Å². The number of nitrogens with one attached hydrogen (secondary N) is 1. The molecule has 1 amide bonds. The Hall–Kier alpha value is -1.52. The first-order chi connectivity index (χ1) is 11.0. The Morgan fingerprint density at radius 2 is 1.96 bits per heavy atom. The molecule has 0 bridgehead atoms. The molecule has 23 heavy (non-hydrogen) atoms. The normalized spacial score (nSPS) is 11.8. The quantitative estimate of drug-likeness (QED) is 0.687. The fourth-order valence-corrected chi connectivity index (χ4v) is 2.77. The van der Waals surface area contributed by atoms with Crippen LogP contribution in [0.5, 0.6) is 5.75 Å². The molecule has 5 heteroatoms. The zero-order valence-electron chi connectivity index (χ0n) is 13.1. The van der Waals surface area contributed by atoms with Crippen molar-refractivity contribution < 1.29 is 9.53 Å². The average molecular weight is 397 g/mol. The third-order valence-electron chi connectivity index (χ3n) is 3.64. The van der Waals surface area contributed by atoms with Crippen LogP contribution < -0.4 is 10.1 Å². The van der Waals surface area contributed by atoms with Crippen LogP contribution in [0.15, 0.2) is 46.9 Å². The number of halogens is 2. The van der Waals surface area contributed by atoms with Gasteiger partial charge in [0.15, 0.2) is 6.61 Å². The summed E-state index contributed by atoms with van der Waals surface area (Å²) < 4.78 is 6.37. The number of hydrogen-bond acceptors (Lipinski definition) is 2. The zero-order chi connectivity index (χ0) is 16.8. The molecule has 0 saturated heterocycles. The van der Waals surface area contributed by atoms with Crippen molar-refractivity contribution in [2.45, 2.75) is 26.2 Å². The average Bonchev–Trinajstić information content (AvgIpc) is 2.55. The minimum Gasteiger partial charge on any atom is -0.484 e. The van der Waals surface area contributed by atoms with E-state index in [1.807, 2.05) is 30.3 Å². The second-order valence-electron chi connectivity index (χ2n) is 5.34. The van der Waals surface area contributed by atoms with E-state index in [2.05, 4.69) is 35.1 Å². The maximum atomic E-state index is 11.9. The predicted octanol–water partition coefficient (Wildman–Crippen LogP) is 5.63. The molecule has 2 aromatic carbocycles. The lowest BCUT2D eigenvalue weighted by Crippen LogP contribution is -2.20. The van der Waals surface area contributed by atoms with Gasteiger partial charge in [0.2, 0.25) is 0 Å². The van der Waals surface area contributed by atoms with Gasteiger partial charge in [-0.3, -0.25) is 4.79 Å². The summed E-state index contributed by atoms with van der Waals surface area (Å²) in [5, 5.41) is 3.21. The third-order valence-corrected chi connectivity index (χ3v) is 4.44. The first-order valence-corrected chi connectivity index (χ1v) is 8.64. The predicted molar refractivity (Wildman–Crippen MR) is 98.4 cm³/mol. The number of carbonyl (C=O) groups excluding carboxylic acids is 1. The van der Waals surface area contributed by atoms with Crippen LogP contribution in [0, 0.1) is 0 Å². The standard InChI is InChI=1S/C18H19BrClNO2/c1-3-12(2)13-4-7-15(8-5-13)23-11-18(22)21-17-9-6-14(19)10-16(17)20/h4-10,12H,3,11H2,1-2H3,(H,21,22)/t12-/m0/s1. The van der Waals surface area contributed by atoms with E-state index in [4.69, 9.17) is 16.3 Å². The topological polar surface area (TPSA) is 38.3 Å². The van der Waals surface area contributed by atoms with Crippen molar-refractivity contribution in [3.8, 4) is 5.75 Å². The highest BCUT2D eigenvalue weighted by Crippen LogP contribution is 2.25. The van der Waals surface area contributed by atoms with Crippen LogP contribution in [-0.4, -0.2) is 12.5 Å². The Bertz CT molecular complexity index is 673. The summed E-state index contributed by atoms with van der Waals surface area (Å²) in [6.45, 7) is 4.28. The second-order valence-corrected chi connectivity index (χ2v) is 6.66. The van der Waals surface area contributed by atoms with Gasteiger partial charge in [0.25, 0.3) is 5.91 Å². The first-order valence-electron chi connectivity index (χ1n) is 7.47. The van der Waals surface area contributed by atoms with Gasteiger partial charge in [-0.05, 0) is 48.2 Å². The molecule has 0 unspecified atom stereocenters. The van der Waals surface area contributed by atoms with Gasteiger partial charge in [0, 0.05) is 4.47 Å². The summed E-state index contributed by atoms with van der Waals surface area (Å²) in [6.07, 6.45) is 1.09.